The van der Waals surface area contributed by atoms with Gasteiger partial charge in [0.15, 0.2) is 0 Å². The summed E-state index contributed by atoms with van der Waals surface area (Å²) in [5.41, 5.74) is 1.88. The predicted octanol–water partition coefficient (Wildman–Crippen LogP) is 2.84. The maximum atomic E-state index is 12.6. The molecule has 1 amide bonds. The fourth-order valence-electron chi connectivity index (χ4n) is 3.83. The topological polar surface area (TPSA) is 61.5 Å². The lowest BCUT2D eigenvalue weighted by Crippen LogP contribution is -2.43. The zero-order valence-corrected chi connectivity index (χ0v) is 16.4. The van der Waals surface area contributed by atoms with Gasteiger partial charge in [-0.2, -0.15) is 5.10 Å². The van der Waals surface area contributed by atoms with Crippen molar-refractivity contribution in [3.63, 3.8) is 0 Å². The lowest BCUT2D eigenvalue weighted by molar-refractivity contribution is 0.0685. The average Bonchev–Trinajstić information content (AvgIpc) is 3.25. The molecule has 2 heterocycles. The number of ether oxygens (including phenoxy) is 1. The molecule has 1 fully saturated rings. The number of hydrogen-bond donors (Lipinski definition) is 1. The molecule has 0 bridgehead atoms. The van der Waals surface area contributed by atoms with Gasteiger partial charge in [-0.1, -0.05) is 12.1 Å². The molecule has 1 aromatic heterocycles. The first kappa shape index (κ1) is 19.4. The normalized spacial score (nSPS) is 17.6. The minimum absolute atomic E-state index is 0.0449. The second-order valence-electron chi connectivity index (χ2n) is 7.22. The van der Waals surface area contributed by atoms with Crippen LogP contribution in [-0.4, -0.2) is 65.7 Å². The van der Waals surface area contributed by atoms with Crippen LogP contribution in [0, 0.1) is 5.92 Å². The third kappa shape index (κ3) is 5.32. The number of aromatic amines is 1. The second kappa shape index (κ2) is 9.55. The van der Waals surface area contributed by atoms with Gasteiger partial charge in [0.1, 0.15) is 11.4 Å². The van der Waals surface area contributed by atoms with Gasteiger partial charge in [0.2, 0.25) is 0 Å². The van der Waals surface area contributed by atoms with Gasteiger partial charge in [0.05, 0.1) is 7.11 Å². The second-order valence-corrected chi connectivity index (χ2v) is 7.22. The molecule has 0 spiro atoms. The van der Waals surface area contributed by atoms with Crippen molar-refractivity contribution in [2.75, 3.05) is 39.8 Å². The summed E-state index contributed by atoms with van der Waals surface area (Å²) in [5.74, 6) is 1.49. The SMILES string of the molecule is CCN(C[C@H]1CCCN(CCc2cccc(OC)c2)C1)C(=O)c1ccn[nH]1. The number of carbonyl (C=O) groups excluding carboxylic acids is 1. The van der Waals surface area contributed by atoms with Gasteiger partial charge in [-0.25, -0.2) is 0 Å². The van der Waals surface area contributed by atoms with Gasteiger partial charge in [0, 0.05) is 32.4 Å². The Hall–Kier alpha value is -2.34. The first-order valence-electron chi connectivity index (χ1n) is 9.83. The molecule has 0 aliphatic carbocycles. The summed E-state index contributed by atoms with van der Waals surface area (Å²) in [6.07, 6.45) is 5.03. The fourth-order valence-corrected chi connectivity index (χ4v) is 3.83. The first-order chi connectivity index (χ1) is 13.2. The number of rotatable bonds is 8. The quantitative estimate of drug-likeness (QED) is 0.776. The highest BCUT2D eigenvalue weighted by atomic mass is 16.5. The molecule has 6 nitrogen and oxygen atoms in total. The summed E-state index contributed by atoms with van der Waals surface area (Å²) >= 11 is 0. The van der Waals surface area contributed by atoms with Crippen LogP contribution in [0.15, 0.2) is 36.5 Å². The molecule has 0 radical (unpaired) electrons. The first-order valence-corrected chi connectivity index (χ1v) is 9.83. The molecule has 1 saturated heterocycles. The molecule has 1 atom stereocenters. The number of nitrogens with one attached hydrogen (secondary N) is 1. The van der Waals surface area contributed by atoms with E-state index in [4.69, 9.17) is 4.74 Å². The summed E-state index contributed by atoms with van der Waals surface area (Å²) in [5, 5.41) is 6.68. The molecule has 1 N–H and O–H groups in total. The van der Waals surface area contributed by atoms with Crippen LogP contribution in [0.1, 0.15) is 35.8 Å². The Balaban J connectivity index is 1.51. The number of nitrogens with zero attached hydrogens (tertiary/aromatic N) is 3. The molecule has 146 valence electrons. The van der Waals surface area contributed by atoms with E-state index in [9.17, 15) is 4.79 Å². The Morgan fingerprint density at radius 3 is 3.04 bits per heavy atom. The lowest BCUT2D eigenvalue weighted by Gasteiger charge is -2.35. The van der Waals surface area contributed by atoms with Crippen LogP contribution in [0.2, 0.25) is 0 Å². The van der Waals surface area contributed by atoms with Crippen molar-refractivity contribution in [2.45, 2.75) is 26.2 Å². The summed E-state index contributed by atoms with van der Waals surface area (Å²) in [7, 11) is 1.71. The van der Waals surface area contributed by atoms with E-state index < -0.39 is 0 Å². The zero-order valence-electron chi connectivity index (χ0n) is 16.4. The maximum Gasteiger partial charge on any atom is 0.271 e. The van der Waals surface area contributed by atoms with Crippen molar-refractivity contribution < 1.29 is 9.53 Å². The summed E-state index contributed by atoms with van der Waals surface area (Å²) in [6.45, 7) is 6.81. The smallest absolute Gasteiger partial charge is 0.271 e. The third-order valence-corrected chi connectivity index (χ3v) is 5.33. The van der Waals surface area contributed by atoms with Crippen molar-refractivity contribution in [2.24, 2.45) is 5.92 Å². The summed E-state index contributed by atoms with van der Waals surface area (Å²) < 4.78 is 5.31. The molecule has 27 heavy (non-hydrogen) atoms. The molecule has 6 heteroatoms. The fraction of sp³-hybridized carbons (Fsp3) is 0.524. The van der Waals surface area contributed by atoms with E-state index in [1.807, 2.05) is 24.0 Å². The number of amides is 1. The summed E-state index contributed by atoms with van der Waals surface area (Å²) in [4.78, 5) is 17.1. The molecular formula is C21H30N4O2. The van der Waals surface area contributed by atoms with Crippen LogP contribution in [-0.2, 0) is 6.42 Å². The largest absolute Gasteiger partial charge is 0.497 e. The Bertz CT molecular complexity index is 717. The Kier molecular flexibility index (Phi) is 6.87. The van der Waals surface area contributed by atoms with Crippen LogP contribution >= 0.6 is 0 Å². The molecule has 0 unspecified atom stereocenters. The van der Waals surface area contributed by atoms with E-state index in [0.717, 1.165) is 44.9 Å². The van der Waals surface area contributed by atoms with Crippen molar-refractivity contribution in [1.82, 2.24) is 20.0 Å². The number of benzene rings is 1. The lowest BCUT2D eigenvalue weighted by atomic mass is 9.96. The standard InChI is InChI=1S/C21H30N4O2/c1-3-25(21(26)20-9-11-22-23-20)16-18-7-5-12-24(15-18)13-10-17-6-4-8-19(14-17)27-2/h4,6,8-9,11,14,18H,3,5,7,10,12-13,15-16H2,1-2H3,(H,22,23)/t18-/m0/s1. The van der Waals surface area contributed by atoms with Gasteiger partial charge < -0.3 is 14.5 Å². The number of likely N-dealkylation sites (tertiary alicyclic amines) is 1. The molecule has 1 aliphatic rings. The zero-order chi connectivity index (χ0) is 19.1. The number of aromatic nitrogens is 2. The third-order valence-electron chi connectivity index (χ3n) is 5.33. The maximum absolute atomic E-state index is 12.6. The Labute approximate surface area is 161 Å². The molecule has 3 rings (SSSR count). The minimum atomic E-state index is 0.0449. The van der Waals surface area contributed by atoms with Gasteiger partial charge in [-0.15, -0.1) is 0 Å². The summed E-state index contributed by atoms with van der Waals surface area (Å²) in [6, 6.07) is 10.0. The molecule has 1 aliphatic heterocycles. The minimum Gasteiger partial charge on any atom is -0.497 e. The molecule has 2 aromatic rings. The van der Waals surface area contributed by atoms with Crippen LogP contribution in [0.5, 0.6) is 5.75 Å². The van der Waals surface area contributed by atoms with Gasteiger partial charge in [-0.05, 0) is 62.4 Å². The monoisotopic (exact) mass is 370 g/mol. The molecular weight excluding hydrogens is 340 g/mol. The van der Waals surface area contributed by atoms with Crippen LogP contribution < -0.4 is 4.74 Å². The van der Waals surface area contributed by atoms with Crippen LogP contribution in [0.25, 0.3) is 0 Å². The van der Waals surface area contributed by atoms with E-state index in [1.165, 1.54) is 18.4 Å². The van der Waals surface area contributed by atoms with Gasteiger partial charge in [0.25, 0.3) is 5.91 Å². The highest BCUT2D eigenvalue weighted by Gasteiger charge is 2.24. The van der Waals surface area contributed by atoms with Crippen LogP contribution in [0.3, 0.4) is 0 Å². The average molecular weight is 370 g/mol. The highest BCUT2D eigenvalue weighted by molar-refractivity contribution is 5.92. The predicted molar refractivity (Wildman–Crippen MR) is 106 cm³/mol. The molecule has 1 aromatic carbocycles. The van der Waals surface area contributed by atoms with E-state index in [2.05, 4.69) is 27.2 Å². The number of methoxy groups -OCH3 is 1. The van der Waals surface area contributed by atoms with Crippen LogP contribution in [0.4, 0.5) is 0 Å². The van der Waals surface area contributed by atoms with Gasteiger partial charge in [-0.3, -0.25) is 9.89 Å². The number of piperidine rings is 1. The van der Waals surface area contributed by atoms with Gasteiger partial charge >= 0.3 is 0 Å². The Morgan fingerprint density at radius 1 is 1.41 bits per heavy atom. The number of hydrogen-bond acceptors (Lipinski definition) is 4. The van der Waals surface area contributed by atoms with E-state index >= 15 is 0 Å². The highest BCUT2D eigenvalue weighted by Crippen LogP contribution is 2.20. The Morgan fingerprint density at radius 2 is 2.30 bits per heavy atom. The molecule has 0 saturated carbocycles. The number of H-pyrrole nitrogens is 1. The van der Waals surface area contributed by atoms with Crippen molar-refractivity contribution in [1.29, 1.82) is 0 Å². The van der Waals surface area contributed by atoms with Crippen molar-refractivity contribution >= 4 is 5.91 Å². The van der Waals surface area contributed by atoms with E-state index in [0.29, 0.717) is 11.6 Å². The van der Waals surface area contributed by atoms with Crippen molar-refractivity contribution in [3.05, 3.63) is 47.8 Å². The number of carbonyl (C=O) groups is 1. The van der Waals surface area contributed by atoms with E-state index in [1.54, 1.807) is 19.4 Å². The van der Waals surface area contributed by atoms with Crippen molar-refractivity contribution in [3.8, 4) is 5.75 Å². The van der Waals surface area contributed by atoms with E-state index in [-0.39, 0.29) is 5.91 Å².